The molecule has 0 bridgehead atoms. The molecule has 3 rings (SSSR count). The highest BCUT2D eigenvalue weighted by Gasteiger charge is 2.29. The Hall–Kier alpha value is -1.03. The zero-order valence-corrected chi connectivity index (χ0v) is 10.8. The third-order valence-electron chi connectivity index (χ3n) is 3.72. The highest BCUT2D eigenvalue weighted by Crippen LogP contribution is 2.38. The van der Waals surface area contributed by atoms with Crippen molar-refractivity contribution < 1.29 is 0 Å². The van der Waals surface area contributed by atoms with Gasteiger partial charge >= 0.3 is 0 Å². The predicted molar refractivity (Wildman–Crippen MR) is 69.6 cm³/mol. The molecule has 1 aromatic rings. The van der Waals surface area contributed by atoms with Gasteiger partial charge < -0.3 is 14.8 Å². The molecule has 1 saturated carbocycles. The minimum atomic E-state index is 0.568. The fourth-order valence-electron chi connectivity index (χ4n) is 2.57. The van der Waals surface area contributed by atoms with E-state index in [9.17, 15) is 0 Å². The van der Waals surface area contributed by atoms with Crippen molar-refractivity contribution in [2.24, 2.45) is 0 Å². The fraction of sp³-hybridized carbons (Fsp3) is 0.769. The third-order valence-corrected chi connectivity index (χ3v) is 3.72. The van der Waals surface area contributed by atoms with E-state index >= 15 is 0 Å². The first-order chi connectivity index (χ1) is 8.28. The maximum atomic E-state index is 4.81. The van der Waals surface area contributed by atoms with E-state index in [0.717, 1.165) is 32.1 Å². The summed E-state index contributed by atoms with van der Waals surface area (Å²) >= 11 is 0. The molecule has 2 aliphatic rings. The van der Waals surface area contributed by atoms with E-state index in [-0.39, 0.29) is 0 Å². The van der Waals surface area contributed by atoms with Gasteiger partial charge in [-0.15, -0.1) is 0 Å². The summed E-state index contributed by atoms with van der Waals surface area (Å²) in [6, 6.07) is 1.29. The summed E-state index contributed by atoms with van der Waals surface area (Å²) in [7, 11) is 0. The van der Waals surface area contributed by atoms with Gasteiger partial charge in [0.25, 0.3) is 0 Å². The van der Waals surface area contributed by atoms with Gasteiger partial charge in [0, 0.05) is 37.9 Å². The molecule has 1 N–H and O–H groups in total. The first-order valence-corrected chi connectivity index (χ1v) is 6.84. The lowest BCUT2D eigenvalue weighted by Gasteiger charge is -2.33. The Labute approximate surface area is 103 Å². The van der Waals surface area contributed by atoms with E-state index in [1.54, 1.807) is 0 Å². The van der Waals surface area contributed by atoms with Crippen LogP contribution in [-0.4, -0.2) is 35.2 Å². The molecule has 2 fully saturated rings. The summed E-state index contributed by atoms with van der Waals surface area (Å²) in [4.78, 5) is 7.25. The van der Waals surface area contributed by atoms with Crippen molar-refractivity contribution in [1.29, 1.82) is 0 Å². The molecule has 94 valence electrons. The Bertz CT molecular complexity index is 394. The lowest BCUT2D eigenvalue weighted by molar-refractivity contribution is 0.474. The Morgan fingerprint density at radius 3 is 2.94 bits per heavy atom. The second kappa shape index (κ2) is 4.33. The van der Waals surface area contributed by atoms with Crippen molar-refractivity contribution in [3.8, 4) is 0 Å². The number of piperazine rings is 1. The summed E-state index contributed by atoms with van der Waals surface area (Å²) in [5, 5.41) is 3.49. The van der Waals surface area contributed by atoms with Gasteiger partial charge in [-0.25, -0.2) is 4.98 Å². The van der Waals surface area contributed by atoms with Gasteiger partial charge in [0.1, 0.15) is 0 Å². The maximum absolute atomic E-state index is 4.81. The van der Waals surface area contributed by atoms with Gasteiger partial charge in [-0.1, -0.05) is 6.92 Å². The van der Waals surface area contributed by atoms with Crippen LogP contribution in [0.2, 0.25) is 0 Å². The van der Waals surface area contributed by atoms with Crippen LogP contribution in [0.5, 0.6) is 0 Å². The molecule has 1 aromatic heterocycles. The summed E-state index contributed by atoms with van der Waals surface area (Å²) in [6.07, 6.45) is 5.95. The van der Waals surface area contributed by atoms with Crippen molar-refractivity contribution in [1.82, 2.24) is 14.9 Å². The highest BCUT2D eigenvalue weighted by atomic mass is 15.3. The zero-order valence-electron chi connectivity index (χ0n) is 10.8. The summed E-state index contributed by atoms with van der Waals surface area (Å²) in [6.45, 7) is 7.66. The average Bonchev–Trinajstić information content (AvgIpc) is 3.08. The van der Waals surface area contributed by atoms with Gasteiger partial charge in [-0.05, 0) is 26.2 Å². The standard InChI is InChI=1S/C13H22N4/c1-3-11-9-17(12-4-5-12)13(15-11)16-7-6-14-10(2)8-16/h9-10,12,14H,3-8H2,1-2H3. The number of hydrogen-bond donors (Lipinski definition) is 1. The molecule has 2 heterocycles. The van der Waals surface area contributed by atoms with Crippen molar-refractivity contribution in [2.45, 2.75) is 45.2 Å². The molecule has 1 aliphatic heterocycles. The summed E-state index contributed by atoms with van der Waals surface area (Å²) in [5.74, 6) is 1.21. The molecule has 0 spiro atoms. The highest BCUT2D eigenvalue weighted by molar-refractivity contribution is 5.36. The minimum Gasteiger partial charge on any atom is -0.339 e. The summed E-state index contributed by atoms with van der Waals surface area (Å²) < 4.78 is 2.41. The van der Waals surface area contributed by atoms with Crippen molar-refractivity contribution in [2.75, 3.05) is 24.5 Å². The van der Waals surface area contributed by atoms with E-state index in [0.29, 0.717) is 6.04 Å². The molecule has 1 atom stereocenters. The van der Waals surface area contributed by atoms with E-state index in [1.807, 2.05) is 0 Å². The van der Waals surface area contributed by atoms with Crippen LogP contribution in [0, 0.1) is 0 Å². The van der Waals surface area contributed by atoms with E-state index in [4.69, 9.17) is 4.98 Å². The minimum absolute atomic E-state index is 0.568. The monoisotopic (exact) mass is 234 g/mol. The molecular formula is C13H22N4. The predicted octanol–water partition coefficient (Wildman–Crippen LogP) is 1.58. The van der Waals surface area contributed by atoms with Gasteiger partial charge in [-0.2, -0.15) is 0 Å². The van der Waals surface area contributed by atoms with E-state index in [2.05, 4.69) is 34.8 Å². The quantitative estimate of drug-likeness (QED) is 0.862. The van der Waals surface area contributed by atoms with Crippen molar-refractivity contribution in [3.63, 3.8) is 0 Å². The van der Waals surface area contributed by atoms with E-state index in [1.165, 1.54) is 24.5 Å². The normalized spacial score (nSPS) is 25.3. The van der Waals surface area contributed by atoms with E-state index < -0.39 is 0 Å². The second-order valence-electron chi connectivity index (χ2n) is 5.33. The maximum Gasteiger partial charge on any atom is 0.206 e. The van der Waals surface area contributed by atoms with Gasteiger partial charge in [0.2, 0.25) is 5.95 Å². The molecule has 1 unspecified atom stereocenters. The number of nitrogens with zero attached hydrogens (tertiary/aromatic N) is 3. The second-order valence-corrected chi connectivity index (χ2v) is 5.33. The van der Waals surface area contributed by atoms with Crippen LogP contribution in [0.1, 0.15) is 38.4 Å². The van der Waals surface area contributed by atoms with Crippen LogP contribution in [0.4, 0.5) is 5.95 Å². The number of rotatable bonds is 3. The molecule has 0 amide bonds. The van der Waals surface area contributed by atoms with Gasteiger partial charge in [-0.3, -0.25) is 0 Å². The lowest BCUT2D eigenvalue weighted by atomic mass is 10.2. The Balaban J connectivity index is 1.86. The van der Waals surface area contributed by atoms with Gasteiger partial charge in [0.15, 0.2) is 0 Å². The smallest absolute Gasteiger partial charge is 0.206 e. The van der Waals surface area contributed by atoms with Crippen LogP contribution >= 0.6 is 0 Å². The van der Waals surface area contributed by atoms with Crippen molar-refractivity contribution in [3.05, 3.63) is 11.9 Å². The number of nitrogens with one attached hydrogen (secondary N) is 1. The van der Waals surface area contributed by atoms with Crippen LogP contribution in [0.15, 0.2) is 6.20 Å². The fourth-order valence-corrected chi connectivity index (χ4v) is 2.57. The summed E-state index contributed by atoms with van der Waals surface area (Å²) in [5.41, 5.74) is 1.23. The molecule has 1 aliphatic carbocycles. The number of aryl methyl sites for hydroxylation is 1. The number of imidazole rings is 1. The van der Waals surface area contributed by atoms with Crippen LogP contribution in [0.25, 0.3) is 0 Å². The number of anilines is 1. The van der Waals surface area contributed by atoms with Crippen LogP contribution in [0.3, 0.4) is 0 Å². The first kappa shape index (κ1) is 11.1. The molecule has 0 aromatic carbocycles. The molecule has 4 heteroatoms. The Kier molecular flexibility index (Phi) is 2.82. The Morgan fingerprint density at radius 2 is 2.29 bits per heavy atom. The molecular weight excluding hydrogens is 212 g/mol. The Morgan fingerprint density at radius 1 is 1.47 bits per heavy atom. The molecule has 17 heavy (non-hydrogen) atoms. The molecule has 4 nitrogen and oxygen atoms in total. The first-order valence-electron chi connectivity index (χ1n) is 6.84. The number of aromatic nitrogens is 2. The van der Waals surface area contributed by atoms with Crippen molar-refractivity contribution >= 4 is 5.95 Å². The van der Waals surface area contributed by atoms with Crippen LogP contribution < -0.4 is 10.2 Å². The molecule has 1 saturated heterocycles. The van der Waals surface area contributed by atoms with Gasteiger partial charge in [0.05, 0.1) is 5.69 Å². The lowest BCUT2D eigenvalue weighted by Crippen LogP contribution is -2.50. The topological polar surface area (TPSA) is 33.1 Å². The average molecular weight is 234 g/mol. The third kappa shape index (κ3) is 2.18. The SMILES string of the molecule is CCc1cn(C2CC2)c(N2CCNC(C)C2)n1. The van der Waals surface area contributed by atoms with Crippen LogP contribution in [-0.2, 0) is 6.42 Å². The zero-order chi connectivity index (χ0) is 11.8. The molecule has 0 radical (unpaired) electrons. The number of hydrogen-bond acceptors (Lipinski definition) is 3. The largest absolute Gasteiger partial charge is 0.339 e.